The Balaban J connectivity index is 1.59. The van der Waals surface area contributed by atoms with Crippen LogP contribution in [0.4, 0.5) is 20.2 Å². The molecule has 0 aromatic heterocycles. The van der Waals surface area contributed by atoms with Crippen molar-refractivity contribution in [1.29, 1.82) is 0 Å². The van der Waals surface area contributed by atoms with Gasteiger partial charge in [0.05, 0.1) is 4.90 Å². The predicted molar refractivity (Wildman–Crippen MR) is 107 cm³/mol. The zero-order chi connectivity index (χ0) is 21.0. The first-order chi connectivity index (χ1) is 13.8. The van der Waals surface area contributed by atoms with Crippen LogP contribution in [0.2, 0.25) is 0 Å². The summed E-state index contributed by atoms with van der Waals surface area (Å²) in [6, 6.07) is 8.43. The lowest BCUT2D eigenvalue weighted by Gasteiger charge is -2.19. The van der Waals surface area contributed by atoms with E-state index in [1.54, 1.807) is 17.0 Å². The number of hydrogen-bond acceptors (Lipinski definition) is 4. The number of amides is 1. The molecule has 0 unspecified atom stereocenters. The van der Waals surface area contributed by atoms with Crippen LogP contribution in [-0.2, 0) is 21.2 Å². The number of carbonyl (C=O) groups is 1. The fraction of sp³-hybridized carbons (Fsp3) is 0.350. The van der Waals surface area contributed by atoms with Crippen LogP contribution in [0.5, 0.6) is 0 Å². The minimum absolute atomic E-state index is 0.0443. The lowest BCUT2D eigenvalue weighted by atomic mass is 10.1. The topological polar surface area (TPSA) is 78.5 Å². The quantitative estimate of drug-likeness (QED) is 0.718. The number of halogens is 2. The molecule has 0 spiro atoms. The van der Waals surface area contributed by atoms with E-state index < -0.39 is 21.7 Å². The van der Waals surface area contributed by atoms with Gasteiger partial charge < -0.3 is 10.2 Å². The summed E-state index contributed by atoms with van der Waals surface area (Å²) in [7, 11) is -2.18. The second kappa shape index (κ2) is 8.87. The molecular formula is C20H23F2N3O3S. The van der Waals surface area contributed by atoms with Crippen LogP contribution in [0, 0.1) is 11.6 Å². The Morgan fingerprint density at radius 2 is 1.66 bits per heavy atom. The van der Waals surface area contributed by atoms with Crippen LogP contribution in [0.1, 0.15) is 24.8 Å². The normalized spacial score (nSPS) is 14.2. The Morgan fingerprint density at radius 3 is 2.21 bits per heavy atom. The van der Waals surface area contributed by atoms with E-state index in [4.69, 9.17) is 0 Å². The van der Waals surface area contributed by atoms with E-state index in [1.807, 2.05) is 0 Å². The van der Waals surface area contributed by atoms with Gasteiger partial charge in [0.15, 0.2) is 11.6 Å². The predicted octanol–water partition coefficient (Wildman–Crippen LogP) is 3.04. The summed E-state index contributed by atoms with van der Waals surface area (Å²) >= 11 is 0. The van der Waals surface area contributed by atoms with Crippen LogP contribution < -0.4 is 14.9 Å². The fourth-order valence-electron chi connectivity index (χ4n) is 3.31. The zero-order valence-electron chi connectivity index (χ0n) is 16.0. The minimum atomic E-state index is -3.51. The smallest absolute Gasteiger partial charge is 0.240 e. The Labute approximate surface area is 169 Å². The Bertz CT molecular complexity index is 966. The van der Waals surface area contributed by atoms with Gasteiger partial charge in [0.25, 0.3) is 0 Å². The van der Waals surface area contributed by atoms with Crippen molar-refractivity contribution in [3.63, 3.8) is 0 Å². The van der Waals surface area contributed by atoms with Gasteiger partial charge in [-0.15, -0.1) is 0 Å². The summed E-state index contributed by atoms with van der Waals surface area (Å²) in [5.41, 5.74) is 0.803. The SMILES string of the molecule is CNS(=O)(=O)c1ccc(CCC(=O)Nc2cc(F)c(N3CCCC3)c(F)c2)cc1. The van der Waals surface area contributed by atoms with E-state index >= 15 is 0 Å². The molecule has 156 valence electrons. The summed E-state index contributed by atoms with van der Waals surface area (Å²) in [6.45, 7) is 1.24. The van der Waals surface area contributed by atoms with Gasteiger partial charge in [-0.1, -0.05) is 12.1 Å². The molecule has 1 amide bonds. The number of carbonyl (C=O) groups excluding carboxylic acids is 1. The molecule has 0 aliphatic carbocycles. The second-order valence-corrected chi connectivity index (χ2v) is 8.77. The van der Waals surface area contributed by atoms with Crippen molar-refractivity contribution in [3.8, 4) is 0 Å². The molecule has 1 fully saturated rings. The third-order valence-electron chi connectivity index (χ3n) is 4.87. The molecule has 2 N–H and O–H groups in total. The van der Waals surface area contributed by atoms with Crippen molar-refractivity contribution in [2.75, 3.05) is 30.4 Å². The van der Waals surface area contributed by atoms with Gasteiger partial charge in [-0.05, 0) is 56.1 Å². The lowest BCUT2D eigenvalue weighted by molar-refractivity contribution is -0.116. The van der Waals surface area contributed by atoms with Crippen LogP contribution in [0.3, 0.4) is 0 Å². The number of sulfonamides is 1. The third kappa shape index (κ3) is 5.10. The highest BCUT2D eigenvalue weighted by Crippen LogP contribution is 2.29. The Kier molecular flexibility index (Phi) is 6.49. The van der Waals surface area contributed by atoms with Crippen LogP contribution in [-0.4, -0.2) is 34.5 Å². The van der Waals surface area contributed by atoms with Crippen molar-refractivity contribution in [2.24, 2.45) is 0 Å². The highest BCUT2D eigenvalue weighted by Gasteiger charge is 2.21. The van der Waals surface area contributed by atoms with Crippen molar-refractivity contribution >= 4 is 27.3 Å². The lowest BCUT2D eigenvalue weighted by Crippen LogP contribution is -2.21. The van der Waals surface area contributed by atoms with Crippen molar-refractivity contribution in [3.05, 3.63) is 53.6 Å². The number of aryl methyl sites for hydroxylation is 1. The second-order valence-electron chi connectivity index (χ2n) is 6.88. The standard InChI is InChI=1S/C20H23F2N3O3S/c1-23-29(27,28)16-7-4-14(5-8-16)6-9-19(26)24-15-12-17(21)20(18(22)13-15)25-10-2-3-11-25/h4-5,7-8,12-13,23H,2-3,6,9-11H2,1H3,(H,24,26). The number of anilines is 2. The van der Waals surface area contributed by atoms with E-state index in [-0.39, 0.29) is 28.6 Å². The maximum atomic E-state index is 14.3. The monoisotopic (exact) mass is 423 g/mol. The van der Waals surface area contributed by atoms with Crippen molar-refractivity contribution < 1.29 is 22.0 Å². The average Bonchev–Trinajstić information content (AvgIpc) is 3.20. The maximum Gasteiger partial charge on any atom is 0.240 e. The first kappa shape index (κ1) is 21.2. The fourth-order valence-corrected chi connectivity index (χ4v) is 4.05. The molecule has 0 atom stereocenters. The molecule has 1 heterocycles. The molecule has 1 aliphatic heterocycles. The largest absolute Gasteiger partial charge is 0.367 e. The summed E-state index contributed by atoms with van der Waals surface area (Å²) in [5, 5.41) is 2.51. The molecule has 9 heteroatoms. The molecule has 3 rings (SSSR count). The average molecular weight is 423 g/mol. The highest BCUT2D eigenvalue weighted by molar-refractivity contribution is 7.89. The number of benzene rings is 2. The molecule has 29 heavy (non-hydrogen) atoms. The van der Waals surface area contributed by atoms with Gasteiger partial charge in [-0.3, -0.25) is 4.79 Å². The maximum absolute atomic E-state index is 14.3. The van der Waals surface area contributed by atoms with E-state index in [0.29, 0.717) is 19.5 Å². The van der Waals surface area contributed by atoms with Gasteiger partial charge in [-0.25, -0.2) is 21.9 Å². The Morgan fingerprint density at radius 1 is 1.07 bits per heavy atom. The van der Waals surface area contributed by atoms with E-state index in [9.17, 15) is 22.0 Å². The first-order valence-electron chi connectivity index (χ1n) is 9.36. The van der Waals surface area contributed by atoms with E-state index in [1.165, 1.54) is 19.2 Å². The Hall–Kier alpha value is -2.52. The molecule has 0 radical (unpaired) electrons. The number of nitrogens with zero attached hydrogens (tertiary/aromatic N) is 1. The molecular weight excluding hydrogens is 400 g/mol. The van der Waals surface area contributed by atoms with Crippen LogP contribution >= 0.6 is 0 Å². The molecule has 0 saturated carbocycles. The van der Waals surface area contributed by atoms with Crippen LogP contribution in [0.15, 0.2) is 41.3 Å². The zero-order valence-corrected chi connectivity index (χ0v) is 16.9. The molecule has 1 saturated heterocycles. The number of rotatable bonds is 7. The summed E-state index contributed by atoms with van der Waals surface area (Å²) in [4.78, 5) is 14.0. The van der Waals surface area contributed by atoms with E-state index in [2.05, 4.69) is 10.0 Å². The van der Waals surface area contributed by atoms with Crippen molar-refractivity contribution in [1.82, 2.24) is 4.72 Å². The van der Waals surface area contributed by atoms with Gasteiger partial charge in [0.1, 0.15) is 5.69 Å². The third-order valence-corrected chi connectivity index (χ3v) is 6.30. The van der Waals surface area contributed by atoms with Crippen LogP contribution in [0.25, 0.3) is 0 Å². The van der Waals surface area contributed by atoms with Gasteiger partial charge in [0.2, 0.25) is 15.9 Å². The minimum Gasteiger partial charge on any atom is -0.367 e. The number of nitrogens with one attached hydrogen (secondary N) is 2. The van der Waals surface area contributed by atoms with Gasteiger partial charge >= 0.3 is 0 Å². The molecule has 2 aromatic carbocycles. The van der Waals surface area contributed by atoms with Crippen molar-refractivity contribution in [2.45, 2.75) is 30.6 Å². The van der Waals surface area contributed by atoms with E-state index in [0.717, 1.165) is 30.5 Å². The summed E-state index contributed by atoms with van der Waals surface area (Å²) in [5.74, 6) is -1.77. The summed E-state index contributed by atoms with van der Waals surface area (Å²) in [6.07, 6.45) is 2.26. The molecule has 2 aromatic rings. The molecule has 1 aliphatic rings. The van der Waals surface area contributed by atoms with Gasteiger partial charge in [-0.2, -0.15) is 0 Å². The highest BCUT2D eigenvalue weighted by atomic mass is 32.2. The summed E-state index contributed by atoms with van der Waals surface area (Å²) < 4.78 is 54.3. The molecule has 0 bridgehead atoms. The van der Waals surface area contributed by atoms with Gasteiger partial charge in [0, 0.05) is 25.2 Å². The number of hydrogen-bond donors (Lipinski definition) is 2. The molecule has 6 nitrogen and oxygen atoms in total. The first-order valence-corrected chi connectivity index (χ1v) is 10.8.